The van der Waals surface area contributed by atoms with E-state index >= 15 is 0 Å². The van der Waals surface area contributed by atoms with E-state index in [0.29, 0.717) is 26.1 Å². The first-order chi connectivity index (χ1) is 7.66. The van der Waals surface area contributed by atoms with Gasteiger partial charge < -0.3 is 9.84 Å². The lowest BCUT2D eigenvalue weighted by Crippen LogP contribution is -2.33. The zero-order chi connectivity index (χ0) is 11.5. The predicted octanol–water partition coefficient (Wildman–Crippen LogP) is 2.53. The molecule has 1 N–H and O–H groups in total. The van der Waals surface area contributed by atoms with Gasteiger partial charge in [0.25, 0.3) is 0 Å². The maximum absolute atomic E-state index is 12.9. The van der Waals surface area contributed by atoms with Crippen LogP contribution in [0.5, 0.6) is 0 Å². The van der Waals surface area contributed by atoms with Crippen LogP contribution >= 0.6 is 15.9 Å². The Kier molecular flexibility index (Phi) is 3.95. The lowest BCUT2D eigenvalue weighted by atomic mass is 9.91. The summed E-state index contributed by atoms with van der Waals surface area (Å²) in [6.45, 7) is 1.20. The molecule has 2 unspecified atom stereocenters. The second-order valence-electron chi connectivity index (χ2n) is 4.13. The molecule has 0 spiro atoms. The summed E-state index contributed by atoms with van der Waals surface area (Å²) >= 11 is 3.33. The summed E-state index contributed by atoms with van der Waals surface area (Å²) in [6, 6.07) is 4.64. The second kappa shape index (κ2) is 5.25. The molecule has 0 radical (unpaired) electrons. The van der Waals surface area contributed by atoms with E-state index in [1.54, 1.807) is 6.07 Å². The van der Waals surface area contributed by atoms with E-state index in [-0.39, 0.29) is 17.8 Å². The molecular weight excluding hydrogens is 275 g/mol. The van der Waals surface area contributed by atoms with Crippen molar-refractivity contribution < 1.29 is 14.2 Å². The van der Waals surface area contributed by atoms with Crippen LogP contribution in [0, 0.1) is 11.7 Å². The van der Waals surface area contributed by atoms with Crippen LogP contribution in [-0.2, 0) is 11.2 Å². The van der Waals surface area contributed by atoms with Gasteiger partial charge in [-0.3, -0.25) is 0 Å². The van der Waals surface area contributed by atoms with Gasteiger partial charge in [-0.05, 0) is 30.5 Å². The van der Waals surface area contributed by atoms with E-state index in [9.17, 15) is 9.50 Å². The van der Waals surface area contributed by atoms with Gasteiger partial charge in [0, 0.05) is 17.0 Å². The van der Waals surface area contributed by atoms with E-state index < -0.39 is 0 Å². The number of rotatable bonds is 2. The largest absolute Gasteiger partial charge is 0.393 e. The minimum absolute atomic E-state index is 0.107. The van der Waals surface area contributed by atoms with Crippen LogP contribution in [0.2, 0.25) is 0 Å². The Balaban J connectivity index is 2.07. The number of hydrogen-bond donors (Lipinski definition) is 1. The Morgan fingerprint density at radius 2 is 2.31 bits per heavy atom. The summed E-state index contributed by atoms with van der Waals surface area (Å²) in [7, 11) is 0. The van der Waals surface area contributed by atoms with Crippen molar-refractivity contribution in [2.45, 2.75) is 18.9 Å². The number of benzene rings is 1. The number of halogens is 2. The third-order valence-corrected chi connectivity index (χ3v) is 3.67. The third-order valence-electron chi connectivity index (χ3n) is 2.93. The van der Waals surface area contributed by atoms with Gasteiger partial charge in [0.2, 0.25) is 0 Å². The summed E-state index contributed by atoms with van der Waals surface area (Å²) in [4.78, 5) is 0. The molecule has 2 atom stereocenters. The minimum atomic E-state index is -0.314. The maximum Gasteiger partial charge on any atom is 0.124 e. The van der Waals surface area contributed by atoms with E-state index in [1.807, 2.05) is 0 Å². The molecule has 1 aromatic carbocycles. The second-order valence-corrected chi connectivity index (χ2v) is 4.99. The number of aliphatic hydroxyl groups is 1. The molecule has 2 rings (SSSR count). The normalized spacial score (nSPS) is 25.7. The molecule has 1 heterocycles. The number of ether oxygens (including phenoxy) is 1. The molecule has 0 saturated carbocycles. The summed E-state index contributed by atoms with van der Waals surface area (Å²) < 4.78 is 19.0. The molecule has 2 nitrogen and oxygen atoms in total. The van der Waals surface area contributed by atoms with Gasteiger partial charge in [-0.25, -0.2) is 4.39 Å². The summed E-state index contributed by atoms with van der Waals surface area (Å²) in [5, 5.41) is 9.81. The van der Waals surface area contributed by atoms with Gasteiger partial charge in [0.05, 0.1) is 12.7 Å². The first-order valence-corrected chi connectivity index (χ1v) is 6.16. The smallest absolute Gasteiger partial charge is 0.124 e. The van der Waals surface area contributed by atoms with E-state index in [2.05, 4.69) is 15.9 Å². The fourth-order valence-electron chi connectivity index (χ4n) is 1.95. The zero-order valence-electron chi connectivity index (χ0n) is 8.83. The van der Waals surface area contributed by atoms with Crippen molar-refractivity contribution >= 4 is 15.9 Å². The van der Waals surface area contributed by atoms with Crippen molar-refractivity contribution in [3.05, 3.63) is 34.1 Å². The molecule has 0 amide bonds. The summed E-state index contributed by atoms with van der Waals surface area (Å²) in [5.41, 5.74) is 1.01. The molecule has 16 heavy (non-hydrogen) atoms. The van der Waals surface area contributed by atoms with Crippen molar-refractivity contribution in [3.63, 3.8) is 0 Å². The van der Waals surface area contributed by atoms with Crippen LogP contribution in [-0.4, -0.2) is 24.4 Å². The summed E-state index contributed by atoms with van der Waals surface area (Å²) in [5.74, 6) is -0.147. The first-order valence-electron chi connectivity index (χ1n) is 5.36. The van der Waals surface area contributed by atoms with Crippen LogP contribution in [0.15, 0.2) is 22.7 Å². The Labute approximate surface area is 103 Å². The standard InChI is InChI=1S/C12H14BrFO2/c13-11-6-10(14)2-1-8(11)5-9-7-16-4-3-12(9)15/h1-2,6,9,12,15H,3-5,7H2. The SMILES string of the molecule is OC1CCOCC1Cc1ccc(F)cc1Br. The van der Waals surface area contributed by atoms with Gasteiger partial charge in [-0.1, -0.05) is 22.0 Å². The van der Waals surface area contributed by atoms with Crippen molar-refractivity contribution in [2.24, 2.45) is 5.92 Å². The van der Waals surface area contributed by atoms with Crippen LogP contribution < -0.4 is 0 Å². The van der Waals surface area contributed by atoms with Gasteiger partial charge in [0.1, 0.15) is 5.82 Å². The van der Waals surface area contributed by atoms with E-state index in [1.165, 1.54) is 12.1 Å². The quantitative estimate of drug-likeness (QED) is 0.906. The molecule has 1 aliphatic heterocycles. The van der Waals surface area contributed by atoms with Gasteiger partial charge in [0.15, 0.2) is 0 Å². The van der Waals surface area contributed by atoms with E-state index in [4.69, 9.17) is 4.74 Å². The molecule has 1 fully saturated rings. The van der Waals surface area contributed by atoms with Crippen LogP contribution in [0.1, 0.15) is 12.0 Å². The van der Waals surface area contributed by atoms with Crippen LogP contribution in [0.3, 0.4) is 0 Å². The minimum Gasteiger partial charge on any atom is -0.393 e. The lowest BCUT2D eigenvalue weighted by Gasteiger charge is -2.28. The molecule has 0 aromatic heterocycles. The average molecular weight is 289 g/mol. The highest BCUT2D eigenvalue weighted by Gasteiger charge is 2.24. The fourth-order valence-corrected chi connectivity index (χ4v) is 2.46. The molecule has 1 aliphatic rings. The molecule has 88 valence electrons. The highest BCUT2D eigenvalue weighted by molar-refractivity contribution is 9.10. The molecule has 1 aromatic rings. The summed E-state index contributed by atoms with van der Waals surface area (Å²) in [6.07, 6.45) is 1.08. The Morgan fingerprint density at radius 3 is 3.00 bits per heavy atom. The van der Waals surface area contributed by atoms with Crippen LogP contribution in [0.4, 0.5) is 4.39 Å². The third kappa shape index (κ3) is 2.81. The number of hydrogen-bond acceptors (Lipinski definition) is 2. The molecule has 4 heteroatoms. The monoisotopic (exact) mass is 288 g/mol. The molecular formula is C12H14BrFO2. The molecule has 0 bridgehead atoms. The molecule has 0 aliphatic carbocycles. The Bertz CT molecular complexity index is 370. The van der Waals surface area contributed by atoms with Crippen molar-refractivity contribution in [1.29, 1.82) is 0 Å². The highest BCUT2D eigenvalue weighted by atomic mass is 79.9. The average Bonchev–Trinajstić information content (AvgIpc) is 2.25. The Morgan fingerprint density at radius 1 is 1.50 bits per heavy atom. The van der Waals surface area contributed by atoms with Crippen molar-refractivity contribution in [3.8, 4) is 0 Å². The predicted molar refractivity (Wildman–Crippen MR) is 62.7 cm³/mol. The van der Waals surface area contributed by atoms with Crippen LogP contribution in [0.25, 0.3) is 0 Å². The fraction of sp³-hybridized carbons (Fsp3) is 0.500. The van der Waals surface area contributed by atoms with Gasteiger partial charge in [-0.15, -0.1) is 0 Å². The Hall–Kier alpha value is -0.450. The van der Waals surface area contributed by atoms with Crippen molar-refractivity contribution in [2.75, 3.05) is 13.2 Å². The maximum atomic E-state index is 12.9. The lowest BCUT2D eigenvalue weighted by molar-refractivity contribution is -0.0351. The van der Waals surface area contributed by atoms with Crippen molar-refractivity contribution in [1.82, 2.24) is 0 Å². The van der Waals surface area contributed by atoms with Gasteiger partial charge >= 0.3 is 0 Å². The first kappa shape index (κ1) is 12.0. The molecule has 1 saturated heterocycles. The number of aliphatic hydroxyl groups excluding tert-OH is 1. The van der Waals surface area contributed by atoms with Gasteiger partial charge in [-0.2, -0.15) is 0 Å². The van der Waals surface area contributed by atoms with E-state index in [0.717, 1.165) is 10.0 Å². The zero-order valence-corrected chi connectivity index (χ0v) is 10.4. The topological polar surface area (TPSA) is 29.5 Å². The highest BCUT2D eigenvalue weighted by Crippen LogP contribution is 2.25.